The van der Waals surface area contributed by atoms with E-state index in [4.69, 9.17) is 38.4 Å². The summed E-state index contributed by atoms with van der Waals surface area (Å²) < 4.78 is 11.9. The first-order valence-corrected chi connectivity index (χ1v) is 14.2. The monoisotopic (exact) mass is 601 g/mol. The van der Waals surface area contributed by atoms with E-state index in [0.29, 0.717) is 57.9 Å². The normalized spacial score (nSPS) is 10.9. The zero-order valence-electron chi connectivity index (χ0n) is 22.7. The number of rotatable bonds is 11. The number of fused-ring (bicyclic) bond motifs is 2. The Labute approximate surface area is 253 Å². The Kier molecular flexibility index (Phi) is 9.44. The molecule has 0 spiro atoms. The SMILES string of the molecule is NCCCOc1cc2ccccc2cc1C(=O)NCCOc1cc2ccccc2cc1C(=O)Nc1ccc(Cl)cc1Cl. The Hall–Kier alpha value is -4.30. The van der Waals surface area contributed by atoms with E-state index in [1.807, 2.05) is 66.7 Å². The van der Waals surface area contributed by atoms with E-state index in [2.05, 4.69) is 10.6 Å². The molecule has 5 aromatic carbocycles. The molecule has 0 radical (unpaired) electrons. The lowest BCUT2D eigenvalue weighted by Crippen LogP contribution is -2.29. The number of nitrogens with one attached hydrogen (secondary N) is 2. The summed E-state index contributed by atoms with van der Waals surface area (Å²) in [6, 6.07) is 27.5. The maximum absolute atomic E-state index is 13.3. The maximum atomic E-state index is 13.3. The highest BCUT2D eigenvalue weighted by Crippen LogP contribution is 2.30. The minimum absolute atomic E-state index is 0.128. The Morgan fingerprint density at radius 1 is 0.690 bits per heavy atom. The smallest absolute Gasteiger partial charge is 0.259 e. The molecule has 42 heavy (non-hydrogen) atoms. The zero-order chi connectivity index (χ0) is 29.5. The second-order valence-corrected chi connectivity index (χ2v) is 10.4. The second kappa shape index (κ2) is 13.6. The number of carbonyl (C=O) groups excluding carboxylic acids is 2. The predicted molar refractivity (Wildman–Crippen MR) is 169 cm³/mol. The quantitative estimate of drug-likeness (QED) is 0.140. The number of amides is 2. The first-order chi connectivity index (χ1) is 20.4. The van der Waals surface area contributed by atoms with E-state index >= 15 is 0 Å². The van der Waals surface area contributed by atoms with Crippen molar-refractivity contribution < 1.29 is 19.1 Å². The van der Waals surface area contributed by atoms with Crippen molar-refractivity contribution in [1.29, 1.82) is 0 Å². The third-order valence-corrected chi connectivity index (χ3v) is 7.16. The Balaban J connectivity index is 1.31. The summed E-state index contributed by atoms with van der Waals surface area (Å²) in [4.78, 5) is 26.5. The summed E-state index contributed by atoms with van der Waals surface area (Å²) in [7, 11) is 0. The van der Waals surface area contributed by atoms with Gasteiger partial charge < -0.3 is 25.8 Å². The summed E-state index contributed by atoms with van der Waals surface area (Å²) >= 11 is 12.3. The molecule has 0 aromatic heterocycles. The largest absolute Gasteiger partial charge is 0.493 e. The zero-order valence-corrected chi connectivity index (χ0v) is 24.2. The van der Waals surface area contributed by atoms with Gasteiger partial charge in [-0.1, -0.05) is 71.7 Å². The van der Waals surface area contributed by atoms with Crippen LogP contribution in [0, 0.1) is 0 Å². The fraction of sp³-hybridized carbons (Fsp3) is 0.152. The molecule has 0 fully saturated rings. The molecule has 0 saturated carbocycles. The van der Waals surface area contributed by atoms with E-state index in [1.165, 1.54) is 0 Å². The molecular weight excluding hydrogens is 573 g/mol. The number of anilines is 1. The van der Waals surface area contributed by atoms with Crippen LogP contribution in [-0.2, 0) is 0 Å². The number of benzene rings is 5. The van der Waals surface area contributed by atoms with Crippen molar-refractivity contribution in [2.24, 2.45) is 5.73 Å². The topological polar surface area (TPSA) is 103 Å². The van der Waals surface area contributed by atoms with Gasteiger partial charge in [0, 0.05) is 5.02 Å². The highest BCUT2D eigenvalue weighted by Gasteiger charge is 2.17. The van der Waals surface area contributed by atoms with Gasteiger partial charge in [-0.25, -0.2) is 0 Å². The lowest BCUT2D eigenvalue weighted by atomic mass is 10.0. The molecule has 2 amide bonds. The molecule has 0 unspecified atom stereocenters. The van der Waals surface area contributed by atoms with Gasteiger partial charge in [0.05, 0.1) is 35.0 Å². The first kappa shape index (κ1) is 29.2. The molecule has 7 nitrogen and oxygen atoms in total. The van der Waals surface area contributed by atoms with Crippen molar-refractivity contribution in [3.05, 3.63) is 112 Å². The van der Waals surface area contributed by atoms with Crippen LogP contribution in [-0.4, -0.2) is 38.1 Å². The highest BCUT2D eigenvalue weighted by atomic mass is 35.5. The molecule has 0 heterocycles. The molecule has 0 aliphatic heterocycles. The number of hydrogen-bond donors (Lipinski definition) is 3. The van der Waals surface area contributed by atoms with Gasteiger partial charge in [-0.15, -0.1) is 0 Å². The van der Waals surface area contributed by atoms with E-state index < -0.39 is 0 Å². The van der Waals surface area contributed by atoms with Crippen LogP contribution in [0.3, 0.4) is 0 Å². The molecule has 0 aliphatic rings. The highest BCUT2D eigenvalue weighted by molar-refractivity contribution is 6.36. The van der Waals surface area contributed by atoms with Crippen molar-refractivity contribution in [3.63, 3.8) is 0 Å². The lowest BCUT2D eigenvalue weighted by Gasteiger charge is -2.15. The van der Waals surface area contributed by atoms with Gasteiger partial charge in [0.25, 0.3) is 11.8 Å². The minimum atomic E-state index is -0.389. The van der Waals surface area contributed by atoms with E-state index in [1.54, 1.807) is 24.3 Å². The number of ether oxygens (including phenoxy) is 2. The van der Waals surface area contributed by atoms with E-state index in [-0.39, 0.29) is 25.0 Å². The average molecular weight is 603 g/mol. The Morgan fingerprint density at radius 2 is 1.24 bits per heavy atom. The summed E-state index contributed by atoms with van der Waals surface area (Å²) in [5, 5.41) is 10.2. The molecule has 214 valence electrons. The number of nitrogens with two attached hydrogens (primary N) is 1. The van der Waals surface area contributed by atoms with Crippen molar-refractivity contribution >= 4 is 62.2 Å². The third kappa shape index (κ3) is 6.94. The molecule has 5 aromatic rings. The average Bonchev–Trinajstić information content (AvgIpc) is 3.00. The van der Waals surface area contributed by atoms with Crippen LogP contribution in [0.25, 0.3) is 21.5 Å². The molecule has 0 aliphatic carbocycles. The van der Waals surface area contributed by atoms with Crippen LogP contribution in [0.5, 0.6) is 11.5 Å². The van der Waals surface area contributed by atoms with Gasteiger partial charge in [-0.05, 0) is 77.0 Å². The van der Waals surface area contributed by atoms with Gasteiger partial charge >= 0.3 is 0 Å². The van der Waals surface area contributed by atoms with E-state index in [0.717, 1.165) is 21.5 Å². The van der Waals surface area contributed by atoms with Crippen molar-refractivity contribution in [2.75, 3.05) is 31.6 Å². The molecule has 4 N–H and O–H groups in total. The van der Waals surface area contributed by atoms with Gasteiger partial charge in [-0.2, -0.15) is 0 Å². The Bertz CT molecular complexity index is 1760. The Morgan fingerprint density at radius 3 is 1.81 bits per heavy atom. The summed E-state index contributed by atoms with van der Waals surface area (Å²) in [5.41, 5.74) is 6.80. The molecule has 0 saturated heterocycles. The van der Waals surface area contributed by atoms with Crippen LogP contribution in [0.2, 0.25) is 10.0 Å². The van der Waals surface area contributed by atoms with Gasteiger partial charge in [0.1, 0.15) is 18.1 Å². The van der Waals surface area contributed by atoms with Crippen LogP contribution in [0.4, 0.5) is 5.69 Å². The van der Waals surface area contributed by atoms with Crippen molar-refractivity contribution in [2.45, 2.75) is 6.42 Å². The molecule has 5 rings (SSSR count). The minimum Gasteiger partial charge on any atom is -0.493 e. The standard InChI is InChI=1S/C33H29Cl2N3O4/c34-25-10-11-29(28(35)20-25)38-33(40)27-17-22-7-2-4-9-24(22)19-31(27)42-15-13-37-32(39)26-16-21-6-1-3-8-23(21)18-30(26)41-14-5-12-36/h1-4,6-11,16-20H,5,12-15,36H2,(H,37,39)(H,38,40). The number of halogens is 2. The van der Waals surface area contributed by atoms with Gasteiger partial charge in [0.15, 0.2) is 0 Å². The fourth-order valence-corrected chi connectivity index (χ4v) is 4.96. The van der Waals surface area contributed by atoms with Gasteiger partial charge in [0.2, 0.25) is 0 Å². The van der Waals surface area contributed by atoms with Crippen LogP contribution in [0.1, 0.15) is 27.1 Å². The summed E-state index contributed by atoms with van der Waals surface area (Å²) in [5.74, 6) is 0.192. The number of carbonyl (C=O) groups is 2. The van der Waals surface area contributed by atoms with E-state index in [9.17, 15) is 9.59 Å². The molecule has 9 heteroatoms. The molecule has 0 bridgehead atoms. The summed E-state index contributed by atoms with van der Waals surface area (Å²) in [6.07, 6.45) is 0.674. The summed E-state index contributed by atoms with van der Waals surface area (Å²) in [6.45, 7) is 1.23. The second-order valence-electron chi connectivity index (χ2n) is 9.56. The first-order valence-electron chi connectivity index (χ1n) is 13.5. The lowest BCUT2D eigenvalue weighted by molar-refractivity contribution is 0.0940. The molecular formula is C33H29Cl2N3O4. The third-order valence-electron chi connectivity index (χ3n) is 6.62. The van der Waals surface area contributed by atoms with Crippen molar-refractivity contribution in [1.82, 2.24) is 5.32 Å². The predicted octanol–water partition coefficient (Wildman–Crippen LogP) is 7.09. The van der Waals surface area contributed by atoms with Crippen LogP contribution < -0.4 is 25.8 Å². The maximum Gasteiger partial charge on any atom is 0.259 e. The fourth-order valence-electron chi connectivity index (χ4n) is 4.50. The van der Waals surface area contributed by atoms with Crippen LogP contribution >= 0.6 is 23.2 Å². The van der Waals surface area contributed by atoms with Crippen LogP contribution in [0.15, 0.2) is 91.0 Å². The number of hydrogen-bond acceptors (Lipinski definition) is 5. The molecule has 0 atom stereocenters. The van der Waals surface area contributed by atoms with Crippen molar-refractivity contribution in [3.8, 4) is 11.5 Å². The van der Waals surface area contributed by atoms with Gasteiger partial charge in [-0.3, -0.25) is 9.59 Å².